The summed E-state index contributed by atoms with van der Waals surface area (Å²) in [7, 11) is 0. The topological polar surface area (TPSA) is 71.6 Å². The van der Waals surface area contributed by atoms with Crippen LogP contribution in [0.1, 0.15) is 25.0 Å². The first-order valence-electron chi connectivity index (χ1n) is 7.41. The molecule has 5 nitrogen and oxygen atoms in total. The second kappa shape index (κ2) is 6.91. The number of nitrogens with one attached hydrogen (secondary N) is 1. The summed E-state index contributed by atoms with van der Waals surface area (Å²) in [6.07, 6.45) is 0.0848. The van der Waals surface area contributed by atoms with Crippen molar-refractivity contribution in [3.05, 3.63) is 29.3 Å². The minimum Gasteiger partial charge on any atom is -0.491 e. The Kier molecular flexibility index (Phi) is 5.20. The molecule has 1 heterocycles. The van der Waals surface area contributed by atoms with E-state index in [1.165, 1.54) is 0 Å². The first kappa shape index (κ1) is 15.8. The molecular weight excluding hydrogens is 266 g/mol. The fourth-order valence-corrected chi connectivity index (χ4v) is 2.42. The Labute approximate surface area is 126 Å². The van der Waals surface area contributed by atoms with Crippen LogP contribution in [0.5, 0.6) is 5.75 Å². The Balaban J connectivity index is 1.96. The first-order chi connectivity index (χ1) is 9.97. The molecule has 2 rings (SSSR count). The van der Waals surface area contributed by atoms with Gasteiger partial charge in [-0.15, -0.1) is 0 Å². The summed E-state index contributed by atoms with van der Waals surface area (Å²) >= 11 is 0. The number of hydrogen-bond acceptors (Lipinski definition) is 4. The SMILES string of the molecule is Cc1ccc(C(=N)N)cc1OCC1CN(C(C)C)CCO1. The van der Waals surface area contributed by atoms with Gasteiger partial charge in [0.1, 0.15) is 24.3 Å². The van der Waals surface area contributed by atoms with Crippen LogP contribution in [0.2, 0.25) is 0 Å². The predicted octanol–water partition coefficient (Wildman–Crippen LogP) is 1.77. The number of benzene rings is 1. The molecule has 116 valence electrons. The molecule has 1 unspecified atom stereocenters. The predicted molar refractivity (Wildman–Crippen MR) is 84.1 cm³/mol. The molecule has 1 saturated heterocycles. The second-order valence-electron chi connectivity index (χ2n) is 5.79. The van der Waals surface area contributed by atoms with Gasteiger partial charge in [-0.1, -0.05) is 12.1 Å². The van der Waals surface area contributed by atoms with Gasteiger partial charge in [-0.25, -0.2) is 0 Å². The number of aryl methyl sites for hydroxylation is 1. The van der Waals surface area contributed by atoms with Crippen LogP contribution in [0, 0.1) is 12.3 Å². The van der Waals surface area contributed by atoms with E-state index >= 15 is 0 Å². The Morgan fingerprint density at radius 2 is 2.29 bits per heavy atom. The van der Waals surface area contributed by atoms with E-state index in [4.69, 9.17) is 20.6 Å². The van der Waals surface area contributed by atoms with E-state index in [2.05, 4.69) is 18.7 Å². The lowest BCUT2D eigenvalue weighted by molar-refractivity contribution is -0.0565. The highest BCUT2D eigenvalue weighted by Crippen LogP contribution is 2.20. The van der Waals surface area contributed by atoms with Crippen molar-refractivity contribution in [1.82, 2.24) is 4.90 Å². The van der Waals surface area contributed by atoms with Crippen LogP contribution in [0.3, 0.4) is 0 Å². The molecule has 5 heteroatoms. The summed E-state index contributed by atoms with van der Waals surface area (Å²) in [4.78, 5) is 2.40. The average molecular weight is 291 g/mol. The Morgan fingerprint density at radius 1 is 1.52 bits per heavy atom. The maximum Gasteiger partial charge on any atom is 0.123 e. The van der Waals surface area contributed by atoms with Gasteiger partial charge in [0.25, 0.3) is 0 Å². The molecule has 1 fully saturated rings. The van der Waals surface area contributed by atoms with Crippen molar-refractivity contribution in [3.8, 4) is 5.75 Å². The fraction of sp³-hybridized carbons (Fsp3) is 0.562. The smallest absolute Gasteiger partial charge is 0.123 e. The quantitative estimate of drug-likeness (QED) is 0.640. The van der Waals surface area contributed by atoms with Crippen molar-refractivity contribution in [2.75, 3.05) is 26.3 Å². The molecule has 0 saturated carbocycles. The van der Waals surface area contributed by atoms with Crippen LogP contribution < -0.4 is 10.5 Å². The minimum atomic E-state index is 0.0553. The lowest BCUT2D eigenvalue weighted by Crippen LogP contribution is -2.47. The number of hydrogen-bond donors (Lipinski definition) is 2. The molecule has 21 heavy (non-hydrogen) atoms. The summed E-state index contributed by atoms with van der Waals surface area (Å²) in [5, 5.41) is 7.49. The molecule has 3 N–H and O–H groups in total. The van der Waals surface area contributed by atoms with Gasteiger partial charge in [0, 0.05) is 24.7 Å². The van der Waals surface area contributed by atoms with Crippen LogP contribution >= 0.6 is 0 Å². The van der Waals surface area contributed by atoms with Crippen molar-refractivity contribution >= 4 is 5.84 Å². The zero-order chi connectivity index (χ0) is 15.4. The van der Waals surface area contributed by atoms with Gasteiger partial charge in [0.05, 0.1) is 6.61 Å². The highest BCUT2D eigenvalue weighted by atomic mass is 16.5. The summed E-state index contributed by atoms with van der Waals surface area (Å²) < 4.78 is 11.7. The van der Waals surface area contributed by atoms with Crippen molar-refractivity contribution in [3.63, 3.8) is 0 Å². The number of morpholine rings is 1. The van der Waals surface area contributed by atoms with Gasteiger partial charge in [0.2, 0.25) is 0 Å². The van der Waals surface area contributed by atoms with Crippen LogP contribution in [-0.2, 0) is 4.74 Å². The van der Waals surface area contributed by atoms with E-state index in [-0.39, 0.29) is 11.9 Å². The summed E-state index contributed by atoms with van der Waals surface area (Å²) in [6.45, 7) is 9.52. The number of nitrogen functional groups attached to an aromatic ring is 1. The Hall–Kier alpha value is -1.59. The average Bonchev–Trinajstić information content (AvgIpc) is 2.46. The van der Waals surface area contributed by atoms with Gasteiger partial charge in [-0.05, 0) is 32.4 Å². The highest BCUT2D eigenvalue weighted by molar-refractivity contribution is 5.95. The normalized spacial score (nSPS) is 19.7. The largest absolute Gasteiger partial charge is 0.491 e. The minimum absolute atomic E-state index is 0.0553. The molecular formula is C16H25N3O2. The third-order valence-electron chi connectivity index (χ3n) is 3.82. The standard InChI is InChI=1S/C16H25N3O2/c1-11(2)19-6-7-20-14(9-19)10-21-15-8-13(16(17)18)5-4-12(15)3/h4-5,8,11,14H,6-7,9-10H2,1-3H3,(H3,17,18). The van der Waals surface area contributed by atoms with Crippen molar-refractivity contribution in [2.45, 2.75) is 32.9 Å². The van der Waals surface area contributed by atoms with Gasteiger partial charge in [-0.3, -0.25) is 10.3 Å². The summed E-state index contributed by atoms with van der Waals surface area (Å²) in [6, 6.07) is 6.11. The van der Waals surface area contributed by atoms with E-state index < -0.39 is 0 Å². The van der Waals surface area contributed by atoms with E-state index in [1.807, 2.05) is 25.1 Å². The van der Waals surface area contributed by atoms with Crippen molar-refractivity contribution < 1.29 is 9.47 Å². The van der Waals surface area contributed by atoms with Crippen LogP contribution in [0.4, 0.5) is 0 Å². The van der Waals surface area contributed by atoms with Crippen molar-refractivity contribution in [1.29, 1.82) is 5.41 Å². The second-order valence-corrected chi connectivity index (χ2v) is 5.79. The molecule has 0 aromatic heterocycles. The van der Waals surface area contributed by atoms with E-state index in [0.29, 0.717) is 18.2 Å². The van der Waals surface area contributed by atoms with E-state index in [9.17, 15) is 0 Å². The number of ether oxygens (including phenoxy) is 2. The lowest BCUT2D eigenvalue weighted by atomic mass is 10.1. The Bertz CT molecular complexity index is 502. The monoisotopic (exact) mass is 291 g/mol. The number of nitrogens with zero attached hydrogens (tertiary/aromatic N) is 1. The third-order valence-corrected chi connectivity index (χ3v) is 3.82. The summed E-state index contributed by atoms with van der Waals surface area (Å²) in [5.41, 5.74) is 7.24. The number of nitrogens with two attached hydrogens (primary N) is 1. The molecule has 0 radical (unpaired) electrons. The highest BCUT2D eigenvalue weighted by Gasteiger charge is 2.22. The lowest BCUT2D eigenvalue weighted by Gasteiger charge is -2.35. The van der Waals surface area contributed by atoms with Gasteiger partial charge in [0.15, 0.2) is 0 Å². The molecule has 1 atom stereocenters. The third kappa shape index (κ3) is 4.19. The van der Waals surface area contributed by atoms with Crippen molar-refractivity contribution in [2.24, 2.45) is 5.73 Å². The maximum atomic E-state index is 7.49. The molecule has 1 aliphatic heterocycles. The molecule has 0 spiro atoms. The van der Waals surface area contributed by atoms with Crippen LogP contribution in [0.25, 0.3) is 0 Å². The fourth-order valence-electron chi connectivity index (χ4n) is 2.42. The molecule has 1 aromatic carbocycles. The zero-order valence-corrected chi connectivity index (χ0v) is 13.1. The van der Waals surface area contributed by atoms with Crippen LogP contribution in [-0.4, -0.2) is 49.2 Å². The first-order valence-corrected chi connectivity index (χ1v) is 7.41. The van der Waals surface area contributed by atoms with E-state index in [1.54, 1.807) is 0 Å². The number of amidine groups is 1. The molecule has 0 bridgehead atoms. The summed E-state index contributed by atoms with van der Waals surface area (Å²) in [5.74, 6) is 0.827. The van der Waals surface area contributed by atoms with Crippen LogP contribution in [0.15, 0.2) is 18.2 Å². The molecule has 1 aliphatic rings. The molecule has 1 aromatic rings. The number of rotatable bonds is 5. The molecule has 0 aliphatic carbocycles. The molecule has 0 amide bonds. The zero-order valence-electron chi connectivity index (χ0n) is 13.1. The van der Waals surface area contributed by atoms with Gasteiger partial charge >= 0.3 is 0 Å². The van der Waals surface area contributed by atoms with Gasteiger partial charge < -0.3 is 15.2 Å². The van der Waals surface area contributed by atoms with Gasteiger partial charge in [-0.2, -0.15) is 0 Å². The maximum absolute atomic E-state index is 7.49. The van der Waals surface area contributed by atoms with E-state index in [0.717, 1.165) is 31.0 Å². The Morgan fingerprint density at radius 3 is 2.95 bits per heavy atom.